The van der Waals surface area contributed by atoms with Crippen molar-refractivity contribution in [1.29, 1.82) is 0 Å². The van der Waals surface area contributed by atoms with Crippen molar-refractivity contribution in [3.8, 4) is 0 Å². The quantitative estimate of drug-likeness (QED) is 0.545. The van der Waals surface area contributed by atoms with Gasteiger partial charge in [0, 0.05) is 26.9 Å². The molecule has 0 aliphatic carbocycles. The topological polar surface area (TPSA) is 27.7 Å². The van der Waals surface area contributed by atoms with Gasteiger partial charge in [-0.25, -0.2) is 0 Å². The number of fused-ring (bicyclic) bond motifs is 1. The van der Waals surface area contributed by atoms with E-state index in [0.717, 1.165) is 12.8 Å². The maximum atomic E-state index is 6.02. The molecule has 3 nitrogen and oxygen atoms in total. The summed E-state index contributed by atoms with van der Waals surface area (Å²) in [5.41, 5.74) is 1.22. The van der Waals surface area contributed by atoms with Gasteiger partial charge in [-0.3, -0.25) is 0 Å². The first kappa shape index (κ1) is 16.2. The van der Waals surface area contributed by atoms with Crippen molar-refractivity contribution in [2.45, 2.75) is 25.8 Å². The minimum absolute atomic E-state index is 0.690. The third-order valence-electron chi connectivity index (χ3n) is 3.73. The molecule has 0 saturated heterocycles. The highest BCUT2D eigenvalue weighted by Crippen LogP contribution is 2.23. The molecule has 0 unspecified atom stereocenters. The zero-order valence-electron chi connectivity index (χ0n) is 13.1. The van der Waals surface area contributed by atoms with E-state index < -0.39 is 8.80 Å². The lowest BCUT2D eigenvalue weighted by Crippen LogP contribution is -2.47. The molecule has 0 N–H and O–H groups in total. The van der Waals surface area contributed by atoms with Crippen LogP contribution in [0.2, 0.25) is 0 Å². The molecule has 0 saturated carbocycles. The monoisotopic (exact) mass is 304 g/mol. The van der Waals surface area contributed by atoms with E-state index in [9.17, 15) is 0 Å². The second kappa shape index (κ2) is 7.71. The molecule has 0 bridgehead atoms. The maximum absolute atomic E-state index is 6.02. The molecule has 2 aromatic carbocycles. The maximum Gasteiger partial charge on any atom is 0.505 e. The molecule has 0 amide bonds. The molecule has 0 aliphatic rings. The van der Waals surface area contributed by atoms with E-state index in [4.69, 9.17) is 13.3 Å². The van der Waals surface area contributed by atoms with Crippen LogP contribution in [0.15, 0.2) is 42.5 Å². The minimum Gasteiger partial charge on any atom is -0.377 e. The summed E-state index contributed by atoms with van der Waals surface area (Å²) in [4.78, 5) is 0. The Hall–Kier alpha value is -1.20. The van der Waals surface area contributed by atoms with Crippen molar-refractivity contribution in [1.82, 2.24) is 0 Å². The van der Waals surface area contributed by atoms with Gasteiger partial charge in [0.05, 0.1) is 0 Å². The Kier molecular flexibility index (Phi) is 5.93. The molecule has 2 rings (SSSR count). The molecule has 0 atom stereocenters. The zero-order chi connectivity index (χ0) is 15.1. The number of benzene rings is 2. The van der Waals surface area contributed by atoms with Crippen molar-refractivity contribution < 1.29 is 13.3 Å². The van der Waals surface area contributed by atoms with E-state index in [1.54, 1.807) is 14.2 Å². The van der Waals surface area contributed by atoms with E-state index in [-0.39, 0.29) is 0 Å². The van der Waals surface area contributed by atoms with Gasteiger partial charge in [-0.05, 0) is 22.8 Å². The molecular formula is C17H24O3Si. The minimum atomic E-state index is -2.64. The third-order valence-corrected chi connectivity index (χ3v) is 6.43. The molecule has 0 aromatic heterocycles. The predicted octanol–water partition coefficient (Wildman–Crippen LogP) is 3.97. The van der Waals surface area contributed by atoms with Gasteiger partial charge in [0.2, 0.25) is 0 Å². The van der Waals surface area contributed by atoms with Gasteiger partial charge in [0.25, 0.3) is 0 Å². The summed E-state index contributed by atoms with van der Waals surface area (Å²) in [6.45, 7) is 2.84. The number of hydrogen-bond acceptors (Lipinski definition) is 3. The molecule has 4 heteroatoms. The van der Waals surface area contributed by atoms with Crippen LogP contribution < -0.4 is 0 Å². The van der Waals surface area contributed by atoms with E-state index in [1.165, 1.54) is 16.3 Å². The van der Waals surface area contributed by atoms with Crippen molar-refractivity contribution in [2.24, 2.45) is 0 Å². The van der Waals surface area contributed by atoms with E-state index in [0.29, 0.717) is 12.7 Å². The summed E-state index contributed by atoms with van der Waals surface area (Å²) in [6.07, 6.45) is 2.13. The smallest absolute Gasteiger partial charge is 0.377 e. The van der Waals surface area contributed by atoms with Crippen LogP contribution in [0.5, 0.6) is 0 Å². The van der Waals surface area contributed by atoms with Gasteiger partial charge in [0.15, 0.2) is 0 Å². The van der Waals surface area contributed by atoms with Crippen molar-refractivity contribution in [3.05, 3.63) is 48.0 Å². The average molecular weight is 304 g/mol. The highest BCUT2D eigenvalue weighted by Gasteiger charge is 2.39. The van der Waals surface area contributed by atoms with Gasteiger partial charge in [-0.15, -0.1) is 0 Å². The van der Waals surface area contributed by atoms with E-state index >= 15 is 0 Å². The van der Waals surface area contributed by atoms with Crippen molar-refractivity contribution >= 4 is 19.6 Å². The fourth-order valence-corrected chi connectivity index (χ4v) is 4.47. The van der Waals surface area contributed by atoms with Crippen LogP contribution in [-0.4, -0.2) is 29.6 Å². The highest BCUT2D eigenvalue weighted by molar-refractivity contribution is 6.60. The standard InChI is InChI=1S/C17H24O3Si/c1-4-5-13-20-21(18-2,19-3)14-16-11-8-10-15-9-6-7-12-17(15)16/h6-12H,4-5,13-14H2,1-3H3. The van der Waals surface area contributed by atoms with Crippen LogP contribution in [0, 0.1) is 0 Å². The third kappa shape index (κ3) is 3.92. The Morgan fingerprint density at radius 3 is 2.38 bits per heavy atom. The van der Waals surface area contributed by atoms with Crippen LogP contribution in [0.4, 0.5) is 0 Å². The van der Waals surface area contributed by atoms with E-state index in [1.807, 2.05) is 0 Å². The number of hydrogen-bond donors (Lipinski definition) is 0. The zero-order valence-corrected chi connectivity index (χ0v) is 14.1. The summed E-state index contributed by atoms with van der Waals surface area (Å²) >= 11 is 0. The van der Waals surface area contributed by atoms with Crippen LogP contribution >= 0.6 is 0 Å². The lowest BCUT2D eigenvalue weighted by atomic mass is 10.1. The van der Waals surface area contributed by atoms with Crippen LogP contribution in [0.25, 0.3) is 10.8 Å². The molecule has 2 aromatic rings. The van der Waals surface area contributed by atoms with Gasteiger partial charge in [-0.1, -0.05) is 55.8 Å². The van der Waals surface area contributed by atoms with Crippen molar-refractivity contribution in [2.75, 3.05) is 20.8 Å². The molecule has 0 aliphatic heterocycles. The summed E-state index contributed by atoms with van der Waals surface area (Å²) in [5.74, 6) is 0. The summed E-state index contributed by atoms with van der Waals surface area (Å²) in [6, 6.07) is 15.4. The first-order chi connectivity index (χ1) is 10.2. The Morgan fingerprint density at radius 2 is 1.67 bits per heavy atom. The van der Waals surface area contributed by atoms with E-state index in [2.05, 4.69) is 49.4 Å². The predicted molar refractivity (Wildman–Crippen MR) is 88.3 cm³/mol. The normalized spacial score (nSPS) is 12.0. The summed E-state index contributed by atoms with van der Waals surface area (Å²) in [5, 5.41) is 2.48. The second-order valence-electron chi connectivity index (χ2n) is 5.11. The highest BCUT2D eigenvalue weighted by atomic mass is 28.4. The first-order valence-electron chi connectivity index (χ1n) is 7.45. The Morgan fingerprint density at radius 1 is 0.952 bits per heavy atom. The second-order valence-corrected chi connectivity index (χ2v) is 7.93. The first-order valence-corrected chi connectivity index (χ1v) is 9.38. The largest absolute Gasteiger partial charge is 0.505 e. The molecule has 0 spiro atoms. The summed E-state index contributed by atoms with van der Waals surface area (Å²) in [7, 11) is 0.736. The Labute approximate surface area is 128 Å². The molecule has 0 radical (unpaired) electrons. The molecule has 0 fully saturated rings. The van der Waals surface area contributed by atoms with Crippen LogP contribution in [-0.2, 0) is 19.3 Å². The fourth-order valence-electron chi connectivity index (χ4n) is 2.45. The van der Waals surface area contributed by atoms with Gasteiger partial charge in [-0.2, -0.15) is 0 Å². The van der Waals surface area contributed by atoms with Gasteiger partial charge >= 0.3 is 8.80 Å². The lowest BCUT2D eigenvalue weighted by Gasteiger charge is -2.27. The Balaban J connectivity index is 2.26. The Bertz CT molecular complexity index is 561. The summed E-state index contributed by atoms with van der Waals surface area (Å²) < 4.78 is 17.4. The molecular weight excluding hydrogens is 280 g/mol. The molecule has 114 valence electrons. The number of rotatable bonds is 8. The lowest BCUT2D eigenvalue weighted by molar-refractivity contribution is 0.0960. The van der Waals surface area contributed by atoms with Gasteiger partial charge in [0.1, 0.15) is 0 Å². The van der Waals surface area contributed by atoms with Crippen LogP contribution in [0.1, 0.15) is 25.3 Å². The van der Waals surface area contributed by atoms with Crippen LogP contribution in [0.3, 0.4) is 0 Å². The SMILES string of the molecule is CCCCO[Si](Cc1cccc2ccccc12)(OC)OC. The average Bonchev–Trinajstić information content (AvgIpc) is 2.54. The van der Waals surface area contributed by atoms with Gasteiger partial charge < -0.3 is 13.3 Å². The number of unbranched alkanes of at least 4 members (excludes halogenated alkanes) is 1. The molecule has 21 heavy (non-hydrogen) atoms. The van der Waals surface area contributed by atoms with Crippen molar-refractivity contribution in [3.63, 3.8) is 0 Å². The molecule has 0 heterocycles. The fraction of sp³-hybridized carbons (Fsp3) is 0.412.